The van der Waals surface area contributed by atoms with Gasteiger partial charge in [-0.25, -0.2) is 0 Å². The van der Waals surface area contributed by atoms with E-state index in [0.29, 0.717) is 5.88 Å². The monoisotopic (exact) mass is 224 g/mol. The topological polar surface area (TPSA) is 16.1 Å². The summed E-state index contributed by atoms with van der Waals surface area (Å²) in [7, 11) is 2.14. The summed E-state index contributed by atoms with van der Waals surface area (Å²) >= 11 is 5.89. The highest BCUT2D eigenvalue weighted by Crippen LogP contribution is 2.39. The molecule has 1 aromatic heterocycles. The molecule has 1 aliphatic carbocycles. The van der Waals surface area contributed by atoms with E-state index in [1.807, 2.05) is 18.5 Å². The zero-order valence-corrected chi connectivity index (χ0v) is 10.0. The summed E-state index contributed by atoms with van der Waals surface area (Å²) in [5.74, 6) is 2.30. The Balaban J connectivity index is 2.06. The highest BCUT2D eigenvalue weighted by Gasteiger charge is 2.33. The maximum absolute atomic E-state index is 5.89. The van der Waals surface area contributed by atoms with Crippen molar-refractivity contribution in [2.45, 2.75) is 19.2 Å². The predicted molar refractivity (Wildman–Crippen MR) is 64.3 cm³/mol. The Morgan fingerprint density at radius 3 is 2.93 bits per heavy atom. The van der Waals surface area contributed by atoms with Gasteiger partial charge in [0.1, 0.15) is 0 Å². The lowest BCUT2D eigenvalue weighted by Crippen LogP contribution is -2.21. The molecule has 3 heteroatoms. The van der Waals surface area contributed by atoms with Gasteiger partial charge in [0.2, 0.25) is 0 Å². The van der Waals surface area contributed by atoms with Gasteiger partial charge in [0, 0.05) is 37.2 Å². The van der Waals surface area contributed by atoms with Gasteiger partial charge in [-0.15, -0.1) is 11.6 Å². The molecule has 82 valence electrons. The number of aromatic nitrogens is 1. The molecule has 1 saturated carbocycles. The molecule has 1 aliphatic rings. The third-order valence-electron chi connectivity index (χ3n) is 3.22. The van der Waals surface area contributed by atoms with Gasteiger partial charge in [-0.2, -0.15) is 0 Å². The number of hydrogen-bond acceptors (Lipinski definition) is 2. The van der Waals surface area contributed by atoms with Crippen LogP contribution in [0.5, 0.6) is 0 Å². The molecule has 2 unspecified atom stereocenters. The lowest BCUT2D eigenvalue weighted by atomic mass is 10.2. The van der Waals surface area contributed by atoms with Gasteiger partial charge in [-0.1, -0.05) is 6.92 Å². The summed E-state index contributed by atoms with van der Waals surface area (Å²) in [6, 6.07) is 2.05. The van der Waals surface area contributed by atoms with E-state index >= 15 is 0 Å². The average Bonchev–Trinajstić information content (AvgIpc) is 2.94. The second-order valence-corrected chi connectivity index (χ2v) is 4.76. The van der Waals surface area contributed by atoms with Crippen molar-refractivity contribution in [3.8, 4) is 0 Å². The van der Waals surface area contributed by atoms with Gasteiger partial charge in [-0.3, -0.25) is 4.98 Å². The molecule has 1 fully saturated rings. The minimum atomic E-state index is 0.535. The van der Waals surface area contributed by atoms with Crippen molar-refractivity contribution in [2.24, 2.45) is 11.8 Å². The van der Waals surface area contributed by atoms with Gasteiger partial charge >= 0.3 is 0 Å². The molecule has 0 saturated heterocycles. The van der Waals surface area contributed by atoms with Crippen LogP contribution in [0.25, 0.3) is 0 Å². The SMILES string of the molecule is CC1CC1CN(C)c1ccncc1CCl. The summed E-state index contributed by atoms with van der Waals surface area (Å²) in [5.41, 5.74) is 2.34. The van der Waals surface area contributed by atoms with Gasteiger partial charge in [-0.05, 0) is 24.3 Å². The Bertz CT molecular complexity index is 340. The zero-order chi connectivity index (χ0) is 10.8. The highest BCUT2D eigenvalue weighted by atomic mass is 35.5. The molecule has 2 nitrogen and oxygen atoms in total. The van der Waals surface area contributed by atoms with Crippen molar-refractivity contribution >= 4 is 17.3 Å². The number of hydrogen-bond donors (Lipinski definition) is 0. The van der Waals surface area contributed by atoms with Crippen molar-refractivity contribution < 1.29 is 0 Å². The van der Waals surface area contributed by atoms with Gasteiger partial charge in [0.25, 0.3) is 0 Å². The van der Waals surface area contributed by atoms with Gasteiger partial charge < -0.3 is 4.90 Å². The minimum Gasteiger partial charge on any atom is -0.374 e. The molecule has 2 rings (SSSR count). The molecular weight excluding hydrogens is 208 g/mol. The molecular formula is C12H17ClN2. The maximum Gasteiger partial charge on any atom is 0.0509 e. The number of halogens is 1. The third-order valence-corrected chi connectivity index (χ3v) is 3.51. The van der Waals surface area contributed by atoms with Crippen LogP contribution in [0.2, 0.25) is 0 Å². The third kappa shape index (κ3) is 2.43. The summed E-state index contributed by atoms with van der Waals surface area (Å²) < 4.78 is 0. The van der Waals surface area contributed by atoms with E-state index in [1.54, 1.807) is 0 Å². The van der Waals surface area contributed by atoms with Crippen molar-refractivity contribution in [1.82, 2.24) is 4.98 Å². The van der Waals surface area contributed by atoms with Crippen molar-refractivity contribution in [3.05, 3.63) is 24.0 Å². The first-order valence-electron chi connectivity index (χ1n) is 5.42. The number of nitrogens with zero attached hydrogens (tertiary/aromatic N) is 2. The van der Waals surface area contributed by atoms with Crippen LogP contribution in [0.4, 0.5) is 5.69 Å². The molecule has 0 N–H and O–H groups in total. The Hall–Kier alpha value is -0.760. The first kappa shape index (κ1) is 10.7. The fourth-order valence-electron chi connectivity index (χ4n) is 2.00. The molecule has 1 heterocycles. The smallest absolute Gasteiger partial charge is 0.0509 e. The molecule has 15 heavy (non-hydrogen) atoms. The van der Waals surface area contributed by atoms with Gasteiger partial charge in [0.15, 0.2) is 0 Å². The summed E-state index contributed by atoms with van der Waals surface area (Å²) in [6.45, 7) is 3.45. The molecule has 0 spiro atoms. The van der Waals surface area contributed by atoms with Crippen molar-refractivity contribution in [3.63, 3.8) is 0 Å². The van der Waals surface area contributed by atoms with Crippen LogP contribution < -0.4 is 4.90 Å². The van der Waals surface area contributed by atoms with E-state index in [0.717, 1.165) is 23.9 Å². The standard InChI is InChI=1S/C12H17ClN2/c1-9-5-10(9)8-15(2)12-3-4-14-7-11(12)6-13/h3-4,7,9-10H,5-6,8H2,1-2H3. The Morgan fingerprint density at radius 2 is 2.33 bits per heavy atom. The molecule has 0 aromatic carbocycles. The van der Waals surface area contributed by atoms with Crippen LogP contribution in [0, 0.1) is 11.8 Å². The van der Waals surface area contributed by atoms with E-state index in [-0.39, 0.29) is 0 Å². The van der Waals surface area contributed by atoms with Crippen LogP contribution in [-0.4, -0.2) is 18.6 Å². The summed E-state index contributed by atoms with van der Waals surface area (Å²) in [6.07, 6.45) is 5.05. The number of pyridine rings is 1. The van der Waals surface area contributed by atoms with Crippen LogP contribution in [0.3, 0.4) is 0 Å². The second-order valence-electron chi connectivity index (χ2n) is 4.49. The fourth-order valence-corrected chi connectivity index (χ4v) is 2.20. The molecule has 0 bridgehead atoms. The molecule has 0 radical (unpaired) electrons. The number of anilines is 1. The van der Waals surface area contributed by atoms with E-state index in [1.165, 1.54) is 12.1 Å². The molecule has 1 aromatic rings. The fraction of sp³-hybridized carbons (Fsp3) is 0.583. The zero-order valence-electron chi connectivity index (χ0n) is 9.28. The maximum atomic E-state index is 5.89. The summed E-state index contributed by atoms with van der Waals surface area (Å²) in [5, 5.41) is 0. The predicted octanol–water partition coefficient (Wildman–Crippen LogP) is 2.91. The molecule has 0 amide bonds. The van der Waals surface area contributed by atoms with E-state index in [2.05, 4.69) is 23.9 Å². The quantitative estimate of drug-likeness (QED) is 0.732. The summed E-state index contributed by atoms with van der Waals surface area (Å²) in [4.78, 5) is 6.40. The average molecular weight is 225 g/mol. The van der Waals surface area contributed by atoms with Crippen LogP contribution >= 0.6 is 11.6 Å². The lowest BCUT2D eigenvalue weighted by molar-refractivity contribution is 0.723. The Kier molecular flexibility index (Phi) is 3.15. The first-order chi connectivity index (χ1) is 7.22. The number of rotatable bonds is 4. The van der Waals surface area contributed by atoms with Crippen molar-refractivity contribution in [1.29, 1.82) is 0 Å². The van der Waals surface area contributed by atoms with Gasteiger partial charge in [0.05, 0.1) is 5.88 Å². The van der Waals surface area contributed by atoms with E-state index < -0.39 is 0 Å². The highest BCUT2D eigenvalue weighted by molar-refractivity contribution is 6.17. The second kappa shape index (κ2) is 4.40. The largest absolute Gasteiger partial charge is 0.374 e. The number of alkyl halides is 1. The van der Waals surface area contributed by atoms with Crippen LogP contribution in [0.1, 0.15) is 18.9 Å². The molecule has 2 atom stereocenters. The Labute approximate surface area is 96.3 Å². The van der Waals surface area contributed by atoms with E-state index in [4.69, 9.17) is 11.6 Å². The first-order valence-corrected chi connectivity index (χ1v) is 5.95. The van der Waals surface area contributed by atoms with E-state index in [9.17, 15) is 0 Å². The van der Waals surface area contributed by atoms with Crippen molar-refractivity contribution in [2.75, 3.05) is 18.5 Å². The van der Waals surface area contributed by atoms with Crippen LogP contribution in [-0.2, 0) is 5.88 Å². The lowest BCUT2D eigenvalue weighted by Gasteiger charge is -2.21. The minimum absolute atomic E-state index is 0.535. The normalized spacial score (nSPS) is 23.9. The molecule has 0 aliphatic heterocycles. The van der Waals surface area contributed by atoms with Crippen LogP contribution in [0.15, 0.2) is 18.5 Å². The Morgan fingerprint density at radius 1 is 1.60 bits per heavy atom.